The predicted molar refractivity (Wildman–Crippen MR) is 255 cm³/mol. The molecule has 11 rings (SSSR count). The van der Waals surface area contributed by atoms with Gasteiger partial charge >= 0.3 is 0 Å². The van der Waals surface area contributed by atoms with Crippen LogP contribution in [-0.2, 0) is 5.41 Å². The first-order valence-corrected chi connectivity index (χ1v) is 20.9. The van der Waals surface area contributed by atoms with Gasteiger partial charge in [0.2, 0.25) is 0 Å². The molecule has 284 valence electrons. The Balaban J connectivity index is 1.23. The number of fused-ring (bicyclic) bond motifs is 6. The van der Waals surface area contributed by atoms with Gasteiger partial charge in [0, 0.05) is 27.7 Å². The summed E-state index contributed by atoms with van der Waals surface area (Å²) in [4.78, 5) is 2.56. The van der Waals surface area contributed by atoms with E-state index in [2.05, 4.69) is 243 Å². The highest BCUT2D eigenvalue weighted by atomic mass is 15.1. The summed E-state index contributed by atoms with van der Waals surface area (Å²) in [6, 6.07) is 82.6. The van der Waals surface area contributed by atoms with Crippen LogP contribution in [0.25, 0.3) is 77.2 Å². The van der Waals surface area contributed by atoms with E-state index in [4.69, 9.17) is 0 Å². The lowest BCUT2D eigenvalue weighted by Crippen LogP contribution is -2.17. The minimum atomic E-state index is -0.230. The Labute approximate surface area is 352 Å². The SMILES string of the molecule is CC1(C)c2cc(-c3ccccc3)ccc2-c2ccc(N(c3cc(-c4ccccc4)cc(-c4ccccc4)c3)c3c(-c4ccccc4)c4ccccc4c4ccccc34)cc21. The van der Waals surface area contributed by atoms with Crippen molar-refractivity contribution in [2.75, 3.05) is 4.90 Å². The van der Waals surface area contributed by atoms with Crippen molar-refractivity contribution < 1.29 is 0 Å². The fraction of sp³-hybridized carbons (Fsp3) is 0.0508. The van der Waals surface area contributed by atoms with E-state index in [1.165, 1.54) is 94.0 Å². The minimum Gasteiger partial charge on any atom is -0.309 e. The molecule has 1 aliphatic rings. The Hall–Kier alpha value is -7.48. The number of benzene rings is 10. The summed E-state index contributed by atoms with van der Waals surface area (Å²) in [5.74, 6) is 0. The largest absolute Gasteiger partial charge is 0.309 e. The lowest BCUT2D eigenvalue weighted by atomic mass is 9.81. The summed E-state index contributed by atoms with van der Waals surface area (Å²) in [7, 11) is 0. The zero-order valence-electron chi connectivity index (χ0n) is 33.8. The van der Waals surface area contributed by atoms with E-state index in [1.54, 1.807) is 0 Å². The fourth-order valence-corrected chi connectivity index (χ4v) is 9.67. The van der Waals surface area contributed by atoms with Gasteiger partial charge in [0.15, 0.2) is 0 Å². The van der Waals surface area contributed by atoms with Gasteiger partial charge in [-0.05, 0) is 114 Å². The number of anilines is 3. The summed E-state index contributed by atoms with van der Waals surface area (Å²) in [6.07, 6.45) is 0. The second-order valence-electron chi connectivity index (χ2n) is 16.5. The zero-order chi connectivity index (χ0) is 40.2. The Morgan fingerprint density at radius 2 is 0.733 bits per heavy atom. The van der Waals surface area contributed by atoms with E-state index in [-0.39, 0.29) is 5.41 Å². The topological polar surface area (TPSA) is 3.24 Å². The van der Waals surface area contributed by atoms with Gasteiger partial charge in [-0.3, -0.25) is 0 Å². The average molecular weight is 766 g/mol. The van der Waals surface area contributed by atoms with Crippen molar-refractivity contribution in [1.29, 1.82) is 0 Å². The van der Waals surface area contributed by atoms with Gasteiger partial charge in [0.25, 0.3) is 0 Å². The third-order valence-electron chi connectivity index (χ3n) is 12.6. The van der Waals surface area contributed by atoms with Crippen molar-refractivity contribution in [1.82, 2.24) is 0 Å². The van der Waals surface area contributed by atoms with Gasteiger partial charge in [-0.2, -0.15) is 0 Å². The summed E-state index contributed by atoms with van der Waals surface area (Å²) in [6.45, 7) is 4.79. The lowest BCUT2D eigenvalue weighted by molar-refractivity contribution is 0.660. The van der Waals surface area contributed by atoms with Crippen LogP contribution in [0.5, 0.6) is 0 Å². The first kappa shape index (κ1) is 35.7. The van der Waals surface area contributed by atoms with Crippen molar-refractivity contribution in [3.63, 3.8) is 0 Å². The molecular weight excluding hydrogens is 723 g/mol. The average Bonchev–Trinajstić information content (AvgIpc) is 3.54. The highest BCUT2D eigenvalue weighted by Crippen LogP contribution is 2.54. The van der Waals surface area contributed by atoms with Crippen molar-refractivity contribution in [2.45, 2.75) is 19.3 Å². The number of nitrogens with zero attached hydrogens (tertiary/aromatic N) is 1. The highest BCUT2D eigenvalue weighted by molar-refractivity contribution is 6.22. The van der Waals surface area contributed by atoms with E-state index < -0.39 is 0 Å². The van der Waals surface area contributed by atoms with Crippen LogP contribution in [0.2, 0.25) is 0 Å². The molecule has 1 nitrogen and oxygen atoms in total. The summed E-state index contributed by atoms with van der Waals surface area (Å²) in [5, 5.41) is 4.92. The standard InChI is InChI=1S/C59H43N/c1-59(2)55-38-44(40-19-7-3-8-20-40)31-33-51(55)52-34-32-47(39-56(52)59)60(48-36-45(41-21-9-4-10-22-41)35-46(37-48)42-23-11-5-12-24-42)58-54-30-18-16-28-50(54)49-27-15-17-29-53(49)57(58)43-25-13-6-14-26-43/h3-39H,1-2H3. The highest BCUT2D eigenvalue weighted by Gasteiger charge is 2.37. The second kappa shape index (κ2) is 14.4. The molecule has 0 aromatic heterocycles. The molecular formula is C59H43N. The monoisotopic (exact) mass is 765 g/mol. The molecule has 0 heterocycles. The lowest BCUT2D eigenvalue weighted by Gasteiger charge is -2.32. The maximum Gasteiger partial charge on any atom is 0.0624 e. The van der Waals surface area contributed by atoms with Crippen LogP contribution in [0.4, 0.5) is 17.1 Å². The summed E-state index contributed by atoms with van der Waals surface area (Å²) in [5.41, 5.74) is 18.1. The van der Waals surface area contributed by atoms with Crippen molar-refractivity contribution in [3.05, 3.63) is 236 Å². The van der Waals surface area contributed by atoms with Crippen LogP contribution in [0, 0.1) is 0 Å². The van der Waals surface area contributed by atoms with Crippen molar-refractivity contribution >= 4 is 38.6 Å². The Morgan fingerprint density at radius 1 is 0.300 bits per heavy atom. The second-order valence-corrected chi connectivity index (χ2v) is 16.5. The Kier molecular flexibility index (Phi) is 8.57. The molecule has 0 N–H and O–H groups in total. The molecule has 10 aromatic carbocycles. The predicted octanol–water partition coefficient (Wildman–Crippen LogP) is 16.4. The van der Waals surface area contributed by atoms with Gasteiger partial charge in [-0.15, -0.1) is 0 Å². The van der Waals surface area contributed by atoms with Gasteiger partial charge in [0.1, 0.15) is 0 Å². The van der Waals surface area contributed by atoms with E-state index in [9.17, 15) is 0 Å². The molecule has 0 amide bonds. The van der Waals surface area contributed by atoms with Crippen LogP contribution in [0.3, 0.4) is 0 Å². The first-order chi connectivity index (χ1) is 29.5. The van der Waals surface area contributed by atoms with Crippen LogP contribution >= 0.6 is 0 Å². The third kappa shape index (κ3) is 5.93. The fourth-order valence-electron chi connectivity index (χ4n) is 9.67. The van der Waals surface area contributed by atoms with E-state index in [0.29, 0.717) is 0 Å². The van der Waals surface area contributed by atoms with Crippen LogP contribution < -0.4 is 4.90 Å². The maximum atomic E-state index is 2.56. The summed E-state index contributed by atoms with van der Waals surface area (Å²) >= 11 is 0. The molecule has 0 spiro atoms. The molecule has 1 aliphatic carbocycles. The van der Waals surface area contributed by atoms with Gasteiger partial charge in [0.05, 0.1) is 5.69 Å². The molecule has 0 saturated heterocycles. The molecule has 0 atom stereocenters. The first-order valence-electron chi connectivity index (χ1n) is 20.9. The molecule has 0 saturated carbocycles. The molecule has 10 aromatic rings. The van der Waals surface area contributed by atoms with E-state index in [1.807, 2.05) is 0 Å². The van der Waals surface area contributed by atoms with Gasteiger partial charge < -0.3 is 4.90 Å². The molecule has 60 heavy (non-hydrogen) atoms. The number of hydrogen-bond donors (Lipinski definition) is 0. The van der Waals surface area contributed by atoms with Crippen molar-refractivity contribution in [3.8, 4) is 55.6 Å². The number of hydrogen-bond acceptors (Lipinski definition) is 1. The van der Waals surface area contributed by atoms with Crippen LogP contribution in [0.1, 0.15) is 25.0 Å². The minimum absolute atomic E-state index is 0.230. The molecule has 0 fully saturated rings. The smallest absolute Gasteiger partial charge is 0.0624 e. The molecule has 1 heteroatoms. The van der Waals surface area contributed by atoms with E-state index in [0.717, 1.165) is 11.4 Å². The van der Waals surface area contributed by atoms with Crippen molar-refractivity contribution in [2.24, 2.45) is 0 Å². The zero-order valence-corrected chi connectivity index (χ0v) is 33.8. The molecule has 0 unspecified atom stereocenters. The number of rotatable bonds is 7. The quantitative estimate of drug-likeness (QED) is 0.146. The van der Waals surface area contributed by atoms with Gasteiger partial charge in [-0.1, -0.05) is 202 Å². The Morgan fingerprint density at radius 3 is 1.30 bits per heavy atom. The normalized spacial score (nSPS) is 12.6. The van der Waals surface area contributed by atoms with Crippen LogP contribution in [0.15, 0.2) is 224 Å². The van der Waals surface area contributed by atoms with Crippen LogP contribution in [-0.4, -0.2) is 0 Å². The molecule has 0 bridgehead atoms. The molecule has 0 radical (unpaired) electrons. The maximum absolute atomic E-state index is 2.56. The van der Waals surface area contributed by atoms with Gasteiger partial charge in [-0.25, -0.2) is 0 Å². The Bertz CT molecular complexity index is 3140. The molecule has 0 aliphatic heterocycles. The third-order valence-corrected chi connectivity index (χ3v) is 12.6. The van der Waals surface area contributed by atoms with E-state index >= 15 is 0 Å². The summed E-state index contributed by atoms with van der Waals surface area (Å²) < 4.78 is 0.